The molecule has 37 heavy (non-hydrogen) atoms. The number of carbonyl (C=O) groups is 4. The lowest BCUT2D eigenvalue weighted by Gasteiger charge is -2.27. The van der Waals surface area contributed by atoms with Gasteiger partial charge in [0.15, 0.2) is 10.8 Å². The van der Waals surface area contributed by atoms with Gasteiger partial charge >= 0.3 is 12.5 Å². The van der Waals surface area contributed by atoms with E-state index in [0.717, 1.165) is 0 Å². The summed E-state index contributed by atoms with van der Waals surface area (Å²) in [5.41, 5.74) is 3.96. The summed E-state index contributed by atoms with van der Waals surface area (Å²) in [4.78, 5) is 52.6. The van der Waals surface area contributed by atoms with Crippen molar-refractivity contribution < 1.29 is 50.3 Å². The predicted octanol–water partition coefficient (Wildman–Crippen LogP) is 2.90. The Bertz CT molecular complexity index is 1030. The van der Waals surface area contributed by atoms with E-state index in [1.807, 2.05) is 0 Å². The second kappa shape index (κ2) is 11.3. The molecule has 2 rings (SSSR count). The van der Waals surface area contributed by atoms with Gasteiger partial charge in [0, 0.05) is 12.5 Å². The highest BCUT2D eigenvalue weighted by atomic mass is 32.1. The van der Waals surface area contributed by atoms with E-state index in [0.29, 0.717) is 0 Å². The molecule has 1 aromatic heterocycles. The molecule has 3 amide bonds. The first-order valence-corrected chi connectivity index (χ1v) is 11.8. The molecule has 0 radical (unpaired) electrons. The zero-order chi connectivity index (χ0) is 28.3. The quantitative estimate of drug-likeness (QED) is 0.376. The molecule has 1 saturated heterocycles. The molecule has 16 heteroatoms. The number of halogens is 6. The SMILES string of the molecule is CC(C)(C)C[C@H](C(=O)N[C@@H](C[C@@H]1CCNC1=O)C(=O)COC(F)(F)F)c1nc(C(F)(F)F)sc1C(N)=O. The average molecular weight is 561 g/mol. The maximum Gasteiger partial charge on any atom is 0.522 e. The molecule has 1 fully saturated rings. The number of nitrogens with zero attached hydrogens (tertiary/aromatic N) is 1. The van der Waals surface area contributed by atoms with Crippen LogP contribution in [0.3, 0.4) is 0 Å². The number of thiazole rings is 1. The van der Waals surface area contributed by atoms with Gasteiger partial charge in [-0.3, -0.25) is 23.9 Å². The molecule has 208 valence electrons. The van der Waals surface area contributed by atoms with Crippen LogP contribution in [0.5, 0.6) is 0 Å². The van der Waals surface area contributed by atoms with Gasteiger partial charge in [-0.2, -0.15) is 13.2 Å². The largest absolute Gasteiger partial charge is 0.522 e. The summed E-state index contributed by atoms with van der Waals surface area (Å²) in [6, 6.07) is -1.64. The van der Waals surface area contributed by atoms with Crippen LogP contribution >= 0.6 is 11.3 Å². The van der Waals surface area contributed by atoms with Gasteiger partial charge < -0.3 is 16.4 Å². The number of amides is 3. The van der Waals surface area contributed by atoms with E-state index in [1.54, 1.807) is 20.8 Å². The molecule has 1 aliphatic heterocycles. The highest BCUT2D eigenvalue weighted by Gasteiger charge is 2.41. The summed E-state index contributed by atoms with van der Waals surface area (Å²) in [6.45, 7) is 3.74. The fourth-order valence-corrected chi connectivity index (χ4v) is 4.59. The predicted molar refractivity (Wildman–Crippen MR) is 117 cm³/mol. The molecule has 0 aliphatic carbocycles. The van der Waals surface area contributed by atoms with Crippen molar-refractivity contribution in [3.05, 3.63) is 15.6 Å². The zero-order valence-electron chi connectivity index (χ0n) is 20.0. The van der Waals surface area contributed by atoms with Crippen molar-refractivity contribution >= 4 is 34.8 Å². The van der Waals surface area contributed by atoms with E-state index < -0.39 is 81.5 Å². The lowest BCUT2D eigenvalue weighted by atomic mass is 9.82. The van der Waals surface area contributed by atoms with Crippen molar-refractivity contribution in [1.82, 2.24) is 15.6 Å². The lowest BCUT2D eigenvalue weighted by Crippen LogP contribution is -2.47. The summed E-state index contributed by atoms with van der Waals surface area (Å²) in [5.74, 6) is -6.34. The number of aromatic nitrogens is 1. The number of nitrogens with two attached hydrogens (primary N) is 1. The van der Waals surface area contributed by atoms with Gasteiger partial charge in [-0.25, -0.2) is 4.98 Å². The number of nitrogens with one attached hydrogen (secondary N) is 2. The van der Waals surface area contributed by atoms with Crippen LogP contribution in [-0.2, 0) is 25.3 Å². The minimum Gasteiger partial charge on any atom is -0.365 e. The van der Waals surface area contributed by atoms with Crippen LogP contribution in [0.1, 0.15) is 66.3 Å². The first-order valence-electron chi connectivity index (χ1n) is 11.0. The van der Waals surface area contributed by atoms with Gasteiger partial charge in [-0.15, -0.1) is 24.5 Å². The maximum absolute atomic E-state index is 13.3. The standard InChI is InChI=1S/C21H26F6N4O5S/c1-19(2,3)7-10(13-14(15(28)33)37-18(31-13)20(22,23)24)17(35)30-11(6-9-4-5-29-16(9)34)12(32)8-36-21(25,26)27/h9-11H,4-8H2,1-3H3,(H2,28,33)(H,29,34)(H,30,35)/t9-,10-,11-/m0/s1. The van der Waals surface area contributed by atoms with Crippen molar-refractivity contribution in [3.63, 3.8) is 0 Å². The summed E-state index contributed by atoms with van der Waals surface area (Å²) < 4.78 is 81.0. The fourth-order valence-electron chi connectivity index (χ4n) is 3.74. The molecule has 4 N–H and O–H groups in total. The third-order valence-corrected chi connectivity index (χ3v) is 6.48. The number of carbonyl (C=O) groups excluding carboxylic acids is 4. The number of hydrogen-bond donors (Lipinski definition) is 3. The Labute approximate surface area is 211 Å². The molecule has 0 bridgehead atoms. The Hall–Kier alpha value is -2.75. The van der Waals surface area contributed by atoms with Crippen molar-refractivity contribution in [2.75, 3.05) is 13.2 Å². The van der Waals surface area contributed by atoms with Crippen LogP contribution in [0.25, 0.3) is 0 Å². The number of rotatable bonds is 10. The third kappa shape index (κ3) is 8.94. The zero-order valence-corrected chi connectivity index (χ0v) is 20.8. The molecule has 9 nitrogen and oxygen atoms in total. The van der Waals surface area contributed by atoms with Crippen LogP contribution in [0.15, 0.2) is 0 Å². The molecule has 0 unspecified atom stereocenters. The second-order valence-corrected chi connectivity index (χ2v) is 10.7. The average Bonchev–Trinajstić information content (AvgIpc) is 3.35. The third-order valence-electron chi connectivity index (χ3n) is 5.35. The van der Waals surface area contributed by atoms with Gasteiger partial charge in [0.05, 0.1) is 17.7 Å². The van der Waals surface area contributed by atoms with E-state index in [9.17, 15) is 45.5 Å². The smallest absolute Gasteiger partial charge is 0.365 e. The number of ether oxygens (including phenoxy) is 1. The van der Waals surface area contributed by atoms with Gasteiger partial charge in [-0.1, -0.05) is 20.8 Å². The molecule has 1 aliphatic rings. The Balaban J connectivity index is 2.44. The highest BCUT2D eigenvalue weighted by molar-refractivity contribution is 7.13. The van der Waals surface area contributed by atoms with Crippen LogP contribution < -0.4 is 16.4 Å². The van der Waals surface area contributed by atoms with Crippen LogP contribution in [-0.4, -0.2) is 54.0 Å². The van der Waals surface area contributed by atoms with Gasteiger partial charge in [0.1, 0.15) is 11.5 Å². The topological polar surface area (TPSA) is 140 Å². The molecular weight excluding hydrogens is 534 g/mol. The second-order valence-electron chi connectivity index (χ2n) is 9.69. The van der Waals surface area contributed by atoms with E-state index in [4.69, 9.17) is 5.73 Å². The lowest BCUT2D eigenvalue weighted by molar-refractivity contribution is -0.321. The summed E-state index contributed by atoms with van der Waals surface area (Å²) in [7, 11) is 0. The van der Waals surface area contributed by atoms with Crippen molar-refractivity contribution in [2.45, 2.75) is 64.5 Å². The molecule has 2 heterocycles. The number of alkyl halides is 6. The monoisotopic (exact) mass is 560 g/mol. The number of primary amides is 1. The fraction of sp³-hybridized carbons (Fsp3) is 0.667. The molecule has 0 spiro atoms. The Kier molecular flexibility index (Phi) is 9.33. The highest BCUT2D eigenvalue weighted by Crippen LogP contribution is 2.39. The van der Waals surface area contributed by atoms with Gasteiger partial charge in [0.25, 0.3) is 5.91 Å². The summed E-state index contributed by atoms with van der Waals surface area (Å²) in [5, 5.41) is 3.33. The van der Waals surface area contributed by atoms with E-state index in [1.165, 1.54) is 0 Å². The Morgan fingerprint density at radius 1 is 1.19 bits per heavy atom. The molecule has 0 aromatic carbocycles. The Morgan fingerprint density at radius 2 is 1.81 bits per heavy atom. The van der Waals surface area contributed by atoms with Crippen molar-refractivity contribution in [3.8, 4) is 0 Å². The van der Waals surface area contributed by atoms with Crippen LogP contribution in [0, 0.1) is 11.3 Å². The van der Waals surface area contributed by atoms with Gasteiger partial charge in [0.2, 0.25) is 11.8 Å². The van der Waals surface area contributed by atoms with Gasteiger partial charge in [-0.05, 0) is 24.7 Å². The van der Waals surface area contributed by atoms with Crippen molar-refractivity contribution in [1.29, 1.82) is 0 Å². The molecule has 1 aromatic rings. The van der Waals surface area contributed by atoms with Crippen molar-refractivity contribution in [2.24, 2.45) is 17.1 Å². The maximum atomic E-state index is 13.3. The van der Waals surface area contributed by atoms with Crippen LogP contribution in [0.4, 0.5) is 26.3 Å². The minimum atomic E-state index is -5.14. The number of Topliss-reactive ketones (excluding diaryl/α,β-unsaturated/α-hetero) is 1. The van der Waals surface area contributed by atoms with E-state index in [-0.39, 0.29) is 37.1 Å². The normalized spacial score (nSPS) is 18.3. The molecule has 3 atom stereocenters. The minimum absolute atomic E-state index is 0.0467. The first-order chi connectivity index (χ1) is 16.8. The number of hydrogen-bond acceptors (Lipinski definition) is 7. The summed E-state index contributed by atoms with van der Waals surface area (Å²) >= 11 is -0.0467. The first kappa shape index (κ1) is 30.5. The van der Waals surface area contributed by atoms with E-state index >= 15 is 0 Å². The summed E-state index contributed by atoms with van der Waals surface area (Å²) in [6.07, 6.45) is -10.4. The number of ketones is 1. The molecule has 0 saturated carbocycles. The molecular formula is C21H26F6N4O5S. The van der Waals surface area contributed by atoms with E-state index in [2.05, 4.69) is 20.4 Å². The van der Waals surface area contributed by atoms with Crippen LogP contribution in [0.2, 0.25) is 0 Å². The Morgan fingerprint density at radius 3 is 2.27 bits per heavy atom.